The second-order valence-electron chi connectivity index (χ2n) is 7.55. The van der Waals surface area contributed by atoms with Crippen LogP contribution in [0.3, 0.4) is 0 Å². The fourth-order valence-corrected chi connectivity index (χ4v) is 5.30. The summed E-state index contributed by atoms with van der Waals surface area (Å²) in [5, 5.41) is 1.57. The number of primary amides is 1. The summed E-state index contributed by atoms with van der Waals surface area (Å²) >= 11 is 1.71. The van der Waals surface area contributed by atoms with Crippen molar-refractivity contribution in [3.63, 3.8) is 0 Å². The minimum Gasteiger partial charge on any atom is -0.368 e. The van der Waals surface area contributed by atoms with Crippen LogP contribution in [-0.4, -0.2) is 31.9 Å². The molecule has 5 rings (SSSR count). The number of carbonyl (C=O) groups excluding carboxylic acids is 1. The number of aromatic nitrogens is 3. The number of carbonyl (C=O) groups is 1. The van der Waals surface area contributed by atoms with Crippen LogP contribution in [-0.2, 0) is 17.9 Å². The normalized spacial score (nSPS) is 17.1. The van der Waals surface area contributed by atoms with Crippen molar-refractivity contribution < 1.29 is 4.79 Å². The van der Waals surface area contributed by atoms with Gasteiger partial charge in [-0.3, -0.25) is 19.1 Å². The molecule has 2 aromatic heterocycles. The molecule has 1 fully saturated rings. The molecule has 1 amide bonds. The Morgan fingerprint density at radius 1 is 1.10 bits per heavy atom. The highest BCUT2D eigenvalue weighted by molar-refractivity contribution is 7.18. The summed E-state index contributed by atoms with van der Waals surface area (Å²) in [6.45, 7) is 1.18. The van der Waals surface area contributed by atoms with Gasteiger partial charge in [-0.25, -0.2) is 9.97 Å². The Morgan fingerprint density at radius 2 is 1.87 bits per heavy atom. The van der Waals surface area contributed by atoms with Crippen molar-refractivity contribution in [1.82, 2.24) is 19.4 Å². The van der Waals surface area contributed by atoms with Crippen LogP contribution in [0.15, 0.2) is 53.3 Å². The van der Waals surface area contributed by atoms with Crippen LogP contribution in [0.1, 0.15) is 29.7 Å². The number of benzene rings is 2. The number of rotatable bonds is 5. The molecule has 0 unspecified atom stereocenters. The number of para-hydroxylation sites is 2. The lowest BCUT2D eigenvalue weighted by Crippen LogP contribution is -2.34. The monoisotopic (exact) mass is 419 g/mol. The van der Waals surface area contributed by atoms with Crippen molar-refractivity contribution in [3.8, 4) is 0 Å². The van der Waals surface area contributed by atoms with Crippen molar-refractivity contribution in [2.75, 3.05) is 6.54 Å². The Morgan fingerprint density at radius 3 is 2.67 bits per heavy atom. The number of likely N-dealkylation sites (tertiary alicyclic amines) is 1. The number of thiazole rings is 1. The third-order valence-corrected chi connectivity index (χ3v) is 6.70. The van der Waals surface area contributed by atoms with Crippen LogP contribution in [0.25, 0.3) is 21.1 Å². The molecule has 0 bridgehead atoms. The molecule has 152 valence electrons. The lowest BCUT2D eigenvalue weighted by atomic mass is 10.2. The Bertz CT molecular complexity index is 1280. The summed E-state index contributed by atoms with van der Waals surface area (Å²) < 4.78 is 2.59. The number of nitrogens with two attached hydrogens (primary N) is 1. The van der Waals surface area contributed by atoms with E-state index in [1.165, 1.54) is 9.27 Å². The Kier molecular flexibility index (Phi) is 4.80. The number of hydrogen-bond acceptors (Lipinski definition) is 6. The Hall–Kier alpha value is -3.10. The van der Waals surface area contributed by atoms with E-state index in [-0.39, 0.29) is 18.1 Å². The zero-order valence-electron chi connectivity index (χ0n) is 16.3. The molecule has 2 aromatic carbocycles. The van der Waals surface area contributed by atoms with Crippen LogP contribution < -0.4 is 11.3 Å². The van der Waals surface area contributed by atoms with Gasteiger partial charge in [0, 0.05) is 0 Å². The first-order valence-electron chi connectivity index (χ1n) is 9.96. The topological polar surface area (TPSA) is 94.1 Å². The average Bonchev–Trinajstić information content (AvgIpc) is 3.37. The van der Waals surface area contributed by atoms with Gasteiger partial charge in [0.1, 0.15) is 17.4 Å². The third kappa shape index (κ3) is 3.38. The molecule has 7 nitrogen and oxygen atoms in total. The maximum absolute atomic E-state index is 13.0. The predicted octanol–water partition coefficient (Wildman–Crippen LogP) is 2.83. The number of fused-ring (bicyclic) bond motifs is 2. The van der Waals surface area contributed by atoms with Crippen molar-refractivity contribution >= 4 is 38.4 Å². The molecule has 4 aromatic rings. The minimum absolute atomic E-state index is 0.174. The fraction of sp³-hybridized carbons (Fsp3) is 0.273. The summed E-state index contributed by atoms with van der Waals surface area (Å²) in [5.41, 5.74) is 6.84. The number of nitrogens with zero attached hydrogens (tertiary/aromatic N) is 4. The van der Waals surface area contributed by atoms with Gasteiger partial charge in [-0.2, -0.15) is 0 Å². The molecular weight excluding hydrogens is 398 g/mol. The van der Waals surface area contributed by atoms with Gasteiger partial charge in [-0.15, -0.1) is 11.3 Å². The smallest absolute Gasteiger partial charge is 0.261 e. The standard InChI is InChI=1S/C22H21N5O2S/c23-19(28)12-27-20(24-15-7-2-1-6-14(15)22(27)29)13-26-11-5-9-17(26)21-25-16-8-3-4-10-18(16)30-21/h1-4,6-8,10,17H,5,9,11-13H2,(H2,23,28)/t17-/m0/s1. The van der Waals surface area contributed by atoms with E-state index in [1.807, 2.05) is 30.3 Å². The molecule has 0 radical (unpaired) electrons. The molecular formula is C22H21N5O2S. The maximum atomic E-state index is 13.0. The zero-order valence-corrected chi connectivity index (χ0v) is 17.1. The SMILES string of the molecule is NC(=O)Cn1c(CN2CCC[C@H]2c2nc3ccccc3s2)nc2ccccc2c1=O. The van der Waals surface area contributed by atoms with E-state index in [9.17, 15) is 9.59 Å². The van der Waals surface area contributed by atoms with Crippen LogP contribution >= 0.6 is 11.3 Å². The molecule has 1 aliphatic rings. The van der Waals surface area contributed by atoms with Crippen molar-refractivity contribution in [2.24, 2.45) is 5.73 Å². The molecule has 0 saturated carbocycles. The van der Waals surface area contributed by atoms with E-state index < -0.39 is 5.91 Å². The maximum Gasteiger partial charge on any atom is 0.261 e. The third-order valence-electron chi connectivity index (χ3n) is 5.56. The van der Waals surface area contributed by atoms with Crippen LogP contribution in [0, 0.1) is 0 Å². The quantitative estimate of drug-likeness (QED) is 0.537. The second kappa shape index (κ2) is 7.62. The summed E-state index contributed by atoms with van der Waals surface area (Å²) in [5.74, 6) is 0.00471. The van der Waals surface area contributed by atoms with Gasteiger partial charge in [-0.05, 0) is 43.7 Å². The van der Waals surface area contributed by atoms with Gasteiger partial charge in [-0.1, -0.05) is 24.3 Å². The first-order chi connectivity index (χ1) is 14.6. The summed E-state index contributed by atoms with van der Waals surface area (Å²) in [7, 11) is 0. The van der Waals surface area contributed by atoms with Gasteiger partial charge >= 0.3 is 0 Å². The first-order valence-corrected chi connectivity index (χ1v) is 10.8. The van der Waals surface area contributed by atoms with E-state index >= 15 is 0 Å². The lowest BCUT2D eigenvalue weighted by molar-refractivity contribution is -0.118. The van der Waals surface area contributed by atoms with Crippen molar-refractivity contribution in [1.29, 1.82) is 0 Å². The van der Waals surface area contributed by atoms with E-state index in [1.54, 1.807) is 23.5 Å². The van der Waals surface area contributed by atoms with Crippen molar-refractivity contribution in [2.45, 2.75) is 32.0 Å². The van der Waals surface area contributed by atoms with Gasteiger partial charge in [0.05, 0.1) is 33.7 Å². The van der Waals surface area contributed by atoms with Gasteiger partial charge < -0.3 is 5.73 Å². The number of amides is 1. The minimum atomic E-state index is -0.556. The highest BCUT2D eigenvalue weighted by Crippen LogP contribution is 2.37. The summed E-state index contributed by atoms with van der Waals surface area (Å²) in [4.78, 5) is 36.5. The van der Waals surface area contributed by atoms with E-state index in [0.717, 1.165) is 29.9 Å². The van der Waals surface area contributed by atoms with Gasteiger partial charge in [0.15, 0.2) is 0 Å². The Labute approximate surface area is 176 Å². The zero-order chi connectivity index (χ0) is 20.7. The van der Waals surface area contributed by atoms with E-state index in [2.05, 4.69) is 11.0 Å². The molecule has 30 heavy (non-hydrogen) atoms. The second-order valence-corrected chi connectivity index (χ2v) is 8.61. The van der Waals surface area contributed by atoms with E-state index in [4.69, 9.17) is 15.7 Å². The lowest BCUT2D eigenvalue weighted by Gasteiger charge is -2.24. The largest absolute Gasteiger partial charge is 0.368 e. The van der Waals surface area contributed by atoms with Gasteiger partial charge in [0.25, 0.3) is 5.56 Å². The molecule has 3 heterocycles. The van der Waals surface area contributed by atoms with Crippen LogP contribution in [0.5, 0.6) is 0 Å². The highest BCUT2D eigenvalue weighted by atomic mass is 32.1. The molecule has 8 heteroatoms. The molecule has 1 atom stereocenters. The molecule has 1 aliphatic heterocycles. The first kappa shape index (κ1) is 18.9. The number of hydrogen-bond donors (Lipinski definition) is 1. The predicted molar refractivity (Wildman–Crippen MR) is 117 cm³/mol. The molecule has 0 spiro atoms. The highest BCUT2D eigenvalue weighted by Gasteiger charge is 2.30. The van der Waals surface area contributed by atoms with Crippen LogP contribution in [0.4, 0.5) is 0 Å². The van der Waals surface area contributed by atoms with E-state index in [0.29, 0.717) is 23.3 Å². The summed E-state index contributed by atoms with van der Waals surface area (Å²) in [6, 6.07) is 15.5. The summed E-state index contributed by atoms with van der Waals surface area (Å²) in [6.07, 6.45) is 2.06. The molecule has 2 N–H and O–H groups in total. The van der Waals surface area contributed by atoms with Crippen LogP contribution in [0.2, 0.25) is 0 Å². The van der Waals surface area contributed by atoms with Crippen molar-refractivity contribution in [3.05, 3.63) is 69.7 Å². The fourth-order valence-electron chi connectivity index (χ4n) is 4.16. The molecule has 1 saturated heterocycles. The van der Waals surface area contributed by atoms with Gasteiger partial charge in [0.2, 0.25) is 5.91 Å². The molecule has 0 aliphatic carbocycles. The average molecular weight is 420 g/mol. The Balaban J connectivity index is 1.53.